The van der Waals surface area contributed by atoms with Crippen LogP contribution in [0.5, 0.6) is 0 Å². The number of rotatable bonds is 4. The molecule has 1 aliphatic heterocycles. The summed E-state index contributed by atoms with van der Waals surface area (Å²) in [5, 5.41) is 3.67. The van der Waals surface area contributed by atoms with Gasteiger partial charge in [0.05, 0.1) is 5.60 Å². The first-order valence-corrected chi connectivity index (χ1v) is 9.12. The van der Waals surface area contributed by atoms with Crippen molar-refractivity contribution in [3.63, 3.8) is 0 Å². The highest BCUT2D eigenvalue weighted by Gasteiger charge is 2.40. The van der Waals surface area contributed by atoms with Crippen LogP contribution in [0.2, 0.25) is 0 Å². The number of hydrogen-bond acceptors (Lipinski definition) is 2. The van der Waals surface area contributed by atoms with Gasteiger partial charge < -0.3 is 10.1 Å². The summed E-state index contributed by atoms with van der Waals surface area (Å²) in [5.41, 5.74) is 0.270. The fourth-order valence-electron chi connectivity index (χ4n) is 5.10. The minimum Gasteiger partial charge on any atom is -0.375 e. The van der Waals surface area contributed by atoms with E-state index in [4.69, 9.17) is 4.74 Å². The average Bonchev–Trinajstić information content (AvgIpc) is 2.98. The van der Waals surface area contributed by atoms with Gasteiger partial charge in [-0.2, -0.15) is 0 Å². The third-order valence-electron chi connectivity index (χ3n) is 6.30. The van der Waals surface area contributed by atoms with Crippen LogP contribution in [0.1, 0.15) is 77.0 Å². The molecule has 2 heteroatoms. The minimum absolute atomic E-state index is 0.270. The molecule has 1 N–H and O–H groups in total. The lowest BCUT2D eigenvalue weighted by Gasteiger charge is -2.46. The van der Waals surface area contributed by atoms with Gasteiger partial charge in [-0.25, -0.2) is 0 Å². The van der Waals surface area contributed by atoms with E-state index in [1.54, 1.807) is 0 Å². The number of hydrogen-bond donors (Lipinski definition) is 1. The fraction of sp³-hybridized carbons (Fsp3) is 1.00. The van der Waals surface area contributed by atoms with E-state index in [0.29, 0.717) is 0 Å². The molecule has 0 radical (unpaired) electrons. The van der Waals surface area contributed by atoms with Gasteiger partial charge in [0.15, 0.2) is 0 Å². The van der Waals surface area contributed by atoms with Crippen molar-refractivity contribution in [2.24, 2.45) is 11.8 Å². The zero-order chi connectivity index (χ0) is 13.8. The summed E-state index contributed by atoms with van der Waals surface area (Å²) >= 11 is 0. The molecule has 2 nitrogen and oxygen atoms in total. The molecule has 116 valence electrons. The number of ether oxygens (including phenoxy) is 1. The van der Waals surface area contributed by atoms with Crippen molar-refractivity contribution in [1.82, 2.24) is 5.32 Å². The van der Waals surface area contributed by atoms with Gasteiger partial charge in [-0.05, 0) is 51.0 Å². The molecule has 1 heterocycles. The van der Waals surface area contributed by atoms with E-state index >= 15 is 0 Å². The van der Waals surface area contributed by atoms with E-state index in [1.807, 2.05) is 0 Å². The minimum atomic E-state index is 0.270. The van der Waals surface area contributed by atoms with Crippen molar-refractivity contribution in [1.29, 1.82) is 0 Å². The van der Waals surface area contributed by atoms with Crippen LogP contribution >= 0.6 is 0 Å². The SMILES string of the molecule is CNC(CC1CCCC1)C1CCOC2(CCCCC2)C1. The molecule has 1 saturated heterocycles. The normalized spacial score (nSPS) is 32.5. The Kier molecular flexibility index (Phi) is 5.04. The van der Waals surface area contributed by atoms with Gasteiger partial charge in [-0.3, -0.25) is 0 Å². The Morgan fingerprint density at radius 3 is 2.50 bits per heavy atom. The number of nitrogens with one attached hydrogen (secondary N) is 1. The molecule has 0 bridgehead atoms. The maximum atomic E-state index is 6.27. The summed E-state index contributed by atoms with van der Waals surface area (Å²) in [7, 11) is 2.18. The van der Waals surface area contributed by atoms with Gasteiger partial charge in [-0.1, -0.05) is 44.9 Å². The second-order valence-electron chi connectivity index (χ2n) is 7.63. The van der Waals surface area contributed by atoms with Crippen LogP contribution in [-0.2, 0) is 4.74 Å². The summed E-state index contributed by atoms with van der Waals surface area (Å²) in [5.74, 6) is 1.85. The molecular weight excluding hydrogens is 246 g/mol. The quantitative estimate of drug-likeness (QED) is 0.829. The van der Waals surface area contributed by atoms with E-state index in [1.165, 1.54) is 77.0 Å². The zero-order valence-corrected chi connectivity index (χ0v) is 13.3. The molecule has 20 heavy (non-hydrogen) atoms. The third kappa shape index (κ3) is 3.39. The maximum Gasteiger partial charge on any atom is 0.0685 e. The Hall–Kier alpha value is -0.0800. The summed E-state index contributed by atoms with van der Waals surface area (Å²) in [6.07, 6.45) is 16.8. The molecule has 0 aromatic heterocycles. The fourth-order valence-corrected chi connectivity index (χ4v) is 5.10. The van der Waals surface area contributed by atoms with Gasteiger partial charge in [0.1, 0.15) is 0 Å². The first kappa shape index (κ1) is 14.8. The predicted octanol–water partition coefficient (Wildman–Crippen LogP) is 4.28. The van der Waals surface area contributed by atoms with Crippen LogP contribution in [0.25, 0.3) is 0 Å². The highest BCUT2D eigenvalue weighted by molar-refractivity contribution is 4.93. The molecule has 0 aromatic carbocycles. The van der Waals surface area contributed by atoms with E-state index in [0.717, 1.165) is 24.5 Å². The maximum absolute atomic E-state index is 6.27. The smallest absolute Gasteiger partial charge is 0.0685 e. The largest absolute Gasteiger partial charge is 0.375 e. The molecule has 3 fully saturated rings. The molecule has 3 aliphatic rings. The van der Waals surface area contributed by atoms with Gasteiger partial charge in [0, 0.05) is 12.6 Å². The summed E-state index contributed by atoms with van der Waals surface area (Å²) < 4.78 is 6.27. The van der Waals surface area contributed by atoms with E-state index in [-0.39, 0.29) is 5.60 Å². The Balaban J connectivity index is 1.58. The van der Waals surface area contributed by atoms with Gasteiger partial charge in [-0.15, -0.1) is 0 Å². The highest BCUT2D eigenvalue weighted by atomic mass is 16.5. The Morgan fingerprint density at radius 1 is 1.05 bits per heavy atom. The Bertz CT molecular complexity index is 286. The summed E-state index contributed by atoms with van der Waals surface area (Å²) in [4.78, 5) is 0. The lowest BCUT2D eigenvalue weighted by atomic mass is 9.73. The van der Waals surface area contributed by atoms with Crippen molar-refractivity contribution in [2.75, 3.05) is 13.7 Å². The second-order valence-corrected chi connectivity index (χ2v) is 7.63. The molecule has 3 rings (SSSR count). The molecule has 2 unspecified atom stereocenters. The van der Waals surface area contributed by atoms with Crippen molar-refractivity contribution in [3.05, 3.63) is 0 Å². The van der Waals surface area contributed by atoms with Crippen LogP contribution in [0.15, 0.2) is 0 Å². The van der Waals surface area contributed by atoms with Gasteiger partial charge in [0.25, 0.3) is 0 Å². The molecular formula is C18H33NO. The van der Waals surface area contributed by atoms with Crippen molar-refractivity contribution >= 4 is 0 Å². The Morgan fingerprint density at radius 2 is 1.80 bits per heavy atom. The van der Waals surface area contributed by atoms with Gasteiger partial charge >= 0.3 is 0 Å². The van der Waals surface area contributed by atoms with Crippen LogP contribution in [0.4, 0.5) is 0 Å². The van der Waals surface area contributed by atoms with Crippen LogP contribution < -0.4 is 5.32 Å². The average molecular weight is 279 g/mol. The predicted molar refractivity (Wildman–Crippen MR) is 83.9 cm³/mol. The van der Waals surface area contributed by atoms with Crippen molar-refractivity contribution in [3.8, 4) is 0 Å². The summed E-state index contributed by atoms with van der Waals surface area (Å²) in [6, 6.07) is 0.737. The van der Waals surface area contributed by atoms with Crippen molar-refractivity contribution < 1.29 is 4.74 Å². The zero-order valence-electron chi connectivity index (χ0n) is 13.3. The highest BCUT2D eigenvalue weighted by Crippen LogP contribution is 2.42. The third-order valence-corrected chi connectivity index (χ3v) is 6.30. The molecule has 1 spiro atoms. The van der Waals surface area contributed by atoms with Crippen LogP contribution in [-0.4, -0.2) is 25.3 Å². The van der Waals surface area contributed by atoms with E-state index in [2.05, 4.69) is 12.4 Å². The molecule has 2 aliphatic carbocycles. The molecule has 0 aromatic rings. The molecule has 2 saturated carbocycles. The van der Waals surface area contributed by atoms with Crippen LogP contribution in [0, 0.1) is 11.8 Å². The standard InChI is InChI=1S/C18H33NO/c1-19-17(13-15-7-3-4-8-15)16-9-12-20-18(14-16)10-5-2-6-11-18/h15-17,19H,2-14H2,1H3. The van der Waals surface area contributed by atoms with Crippen molar-refractivity contribution in [2.45, 2.75) is 88.7 Å². The lowest BCUT2D eigenvalue weighted by molar-refractivity contribution is -0.122. The Labute approximate surface area is 125 Å². The van der Waals surface area contributed by atoms with E-state index < -0.39 is 0 Å². The van der Waals surface area contributed by atoms with E-state index in [9.17, 15) is 0 Å². The molecule has 2 atom stereocenters. The molecule has 0 amide bonds. The first-order chi connectivity index (χ1) is 9.81. The lowest BCUT2D eigenvalue weighted by Crippen LogP contribution is -2.47. The second kappa shape index (κ2) is 6.79. The topological polar surface area (TPSA) is 21.3 Å². The van der Waals surface area contributed by atoms with Gasteiger partial charge in [0.2, 0.25) is 0 Å². The van der Waals surface area contributed by atoms with Crippen LogP contribution in [0.3, 0.4) is 0 Å². The monoisotopic (exact) mass is 279 g/mol. The summed E-state index contributed by atoms with van der Waals surface area (Å²) in [6.45, 7) is 1.01. The first-order valence-electron chi connectivity index (χ1n) is 9.12.